The molecule has 1 saturated carbocycles. The van der Waals surface area contributed by atoms with Gasteiger partial charge in [0.25, 0.3) is 0 Å². The molecule has 0 bridgehead atoms. The first-order valence-electron chi connectivity index (χ1n) is 14.4. The second kappa shape index (κ2) is 13.2. The molecule has 0 radical (unpaired) electrons. The lowest BCUT2D eigenvalue weighted by atomic mass is 9.54. The van der Waals surface area contributed by atoms with Crippen molar-refractivity contribution in [3.8, 4) is 5.75 Å². The largest absolute Gasteiger partial charge is 0.497 e. The van der Waals surface area contributed by atoms with Crippen molar-refractivity contribution in [2.45, 2.75) is 69.9 Å². The van der Waals surface area contributed by atoms with Gasteiger partial charge < -0.3 is 14.4 Å². The third kappa shape index (κ3) is 6.76. The van der Waals surface area contributed by atoms with Gasteiger partial charge in [0.15, 0.2) is 0 Å². The molecule has 2 fully saturated rings. The Morgan fingerprint density at radius 1 is 1.17 bits per heavy atom. The van der Waals surface area contributed by atoms with Gasteiger partial charge >= 0.3 is 5.97 Å². The number of hydrogen-bond acceptors (Lipinski definition) is 5. The van der Waals surface area contributed by atoms with Crippen molar-refractivity contribution in [2.75, 3.05) is 33.3 Å². The summed E-state index contributed by atoms with van der Waals surface area (Å²) >= 11 is 12.4. The zero-order chi connectivity index (χ0) is 29.8. The lowest BCUT2D eigenvalue weighted by Gasteiger charge is -2.60. The lowest BCUT2D eigenvalue weighted by molar-refractivity contribution is -0.190. The van der Waals surface area contributed by atoms with E-state index in [9.17, 15) is 9.59 Å². The van der Waals surface area contributed by atoms with Crippen molar-refractivity contribution in [3.05, 3.63) is 76.3 Å². The van der Waals surface area contributed by atoms with E-state index in [0.29, 0.717) is 36.0 Å². The molecule has 3 atom stereocenters. The van der Waals surface area contributed by atoms with Crippen LogP contribution in [0.2, 0.25) is 10.0 Å². The molecule has 0 N–H and O–H groups in total. The van der Waals surface area contributed by atoms with Crippen LogP contribution in [0.4, 0.5) is 0 Å². The van der Waals surface area contributed by atoms with Crippen LogP contribution in [0.1, 0.15) is 57.6 Å². The fraction of sp³-hybridized carbons (Fsp3) is 0.515. The lowest BCUT2D eigenvalue weighted by Crippen LogP contribution is -2.69. The van der Waals surface area contributed by atoms with E-state index < -0.39 is 11.0 Å². The summed E-state index contributed by atoms with van der Waals surface area (Å²) in [5.74, 6) is 0.826. The summed E-state index contributed by atoms with van der Waals surface area (Å²) in [7, 11) is 1.67. The van der Waals surface area contributed by atoms with E-state index in [1.807, 2.05) is 24.3 Å². The number of piperidine rings is 1. The smallest absolute Gasteiger partial charge is 0.303 e. The molecule has 2 aliphatic rings. The molecule has 4 rings (SSSR count). The summed E-state index contributed by atoms with van der Waals surface area (Å²) in [6.07, 6.45) is 5.01. The van der Waals surface area contributed by atoms with Crippen molar-refractivity contribution in [2.24, 2.45) is 5.92 Å². The van der Waals surface area contributed by atoms with Crippen LogP contribution in [0, 0.1) is 5.92 Å². The Labute approximate surface area is 254 Å². The Morgan fingerprint density at radius 2 is 1.95 bits per heavy atom. The predicted octanol–water partition coefficient (Wildman–Crippen LogP) is 6.71. The Bertz CT molecular complexity index is 1270. The first-order valence-corrected chi connectivity index (χ1v) is 15.2. The number of nitrogens with zero attached hydrogens (tertiary/aromatic N) is 2. The number of carbonyl (C=O) groups excluding carboxylic acids is 2. The van der Waals surface area contributed by atoms with Crippen molar-refractivity contribution in [3.63, 3.8) is 0 Å². The maximum absolute atomic E-state index is 14.0. The molecule has 1 aliphatic carbocycles. The highest BCUT2D eigenvalue weighted by Gasteiger charge is 2.61. The molecular weight excluding hydrogens is 559 g/mol. The number of hydrogen-bond donors (Lipinski definition) is 0. The summed E-state index contributed by atoms with van der Waals surface area (Å²) in [6, 6.07) is 13.5. The zero-order valence-electron chi connectivity index (χ0n) is 24.6. The highest BCUT2D eigenvalue weighted by Crippen LogP contribution is 2.55. The van der Waals surface area contributed by atoms with E-state index in [2.05, 4.69) is 42.4 Å². The fourth-order valence-corrected chi connectivity index (χ4v) is 7.28. The molecule has 0 spiro atoms. The quantitative estimate of drug-likeness (QED) is 0.224. The average molecular weight is 602 g/mol. The third-order valence-corrected chi connectivity index (χ3v) is 9.42. The van der Waals surface area contributed by atoms with Gasteiger partial charge in [-0.15, -0.1) is 6.58 Å². The number of ether oxygens (including phenoxy) is 2. The number of amides is 1. The summed E-state index contributed by atoms with van der Waals surface area (Å²) in [4.78, 5) is 31.0. The minimum Gasteiger partial charge on any atom is -0.497 e. The van der Waals surface area contributed by atoms with Gasteiger partial charge in [0, 0.05) is 38.0 Å². The first-order chi connectivity index (χ1) is 19.5. The normalized spacial score (nSPS) is 24.4. The molecule has 2 aromatic carbocycles. The summed E-state index contributed by atoms with van der Waals surface area (Å²) in [5, 5.41) is 0.915. The Kier molecular flexibility index (Phi) is 10.1. The van der Waals surface area contributed by atoms with Crippen LogP contribution in [0.3, 0.4) is 0 Å². The summed E-state index contributed by atoms with van der Waals surface area (Å²) in [5.41, 5.74) is 0.692. The van der Waals surface area contributed by atoms with Gasteiger partial charge in [-0.2, -0.15) is 0 Å². The number of halogens is 2. The maximum atomic E-state index is 14.0. The number of fused-ring (bicyclic) bond motifs is 1. The number of carbonyl (C=O) groups is 2. The van der Waals surface area contributed by atoms with E-state index in [4.69, 9.17) is 32.7 Å². The number of benzene rings is 2. The Hall–Kier alpha value is -2.54. The predicted molar refractivity (Wildman–Crippen MR) is 165 cm³/mol. The second-order valence-corrected chi connectivity index (χ2v) is 12.8. The van der Waals surface area contributed by atoms with Gasteiger partial charge in [-0.1, -0.05) is 61.3 Å². The molecular formula is C33H42Cl2N2O4. The molecule has 1 saturated heterocycles. The topological polar surface area (TPSA) is 59.1 Å². The maximum Gasteiger partial charge on any atom is 0.303 e. The van der Waals surface area contributed by atoms with Crippen LogP contribution < -0.4 is 4.74 Å². The summed E-state index contributed by atoms with van der Waals surface area (Å²) in [6.45, 7) is 12.5. The highest BCUT2D eigenvalue weighted by atomic mass is 35.5. The molecule has 6 nitrogen and oxygen atoms in total. The van der Waals surface area contributed by atoms with E-state index in [1.165, 1.54) is 6.92 Å². The van der Waals surface area contributed by atoms with Gasteiger partial charge in [0.1, 0.15) is 11.4 Å². The molecule has 41 heavy (non-hydrogen) atoms. The van der Waals surface area contributed by atoms with Crippen LogP contribution in [0.25, 0.3) is 0 Å². The molecule has 0 unspecified atom stereocenters. The van der Waals surface area contributed by atoms with Crippen LogP contribution in [-0.4, -0.2) is 66.6 Å². The van der Waals surface area contributed by atoms with Crippen molar-refractivity contribution in [1.29, 1.82) is 0 Å². The Balaban J connectivity index is 1.76. The molecule has 1 aliphatic heterocycles. The van der Waals surface area contributed by atoms with Gasteiger partial charge in [0.05, 0.1) is 23.6 Å². The monoisotopic (exact) mass is 600 g/mol. The molecule has 8 heteroatoms. The number of methoxy groups -OCH3 is 1. The summed E-state index contributed by atoms with van der Waals surface area (Å²) < 4.78 is 12.0. The number of likely N-dealkylation sites (tertiary alicyclic amines) is 1. The van der Waals surface area contributed by atoms with E-state index in [0.717, 1.165) is 42.8 Å². The zero-order valence-corrected chi connectivity index (χ0v) is 26.1. The molecule has 1 heterocycles. The van der Waals surface area contributed by atoms with E-state index in [1.54, 1.807) is 19.2 Å². The minimum absolute atomic E-state index is 0.0199. The van der Waals surface area contributed by atoms with Crippen molar-refractivity contribution < 1.29 is 19.1 Å². The molecule has 1 amide bonds. The first kappa shape index (κ1) is 31.4. The minimum atomic E-state index is -0.737. The van der Waals surface area contributed by atoms with E-state index >= 15 is 0 Å². The van der Waals surface area contributed by atoms with Crippen LogP contribution in [0.15, 0.2) is 55.1 Å². The molecule has 0 aromatic heterocycles. The van der Waals surface area contributed by atoms with E-state index in [-0.39, 0.29) is 30.3 Å². The van der Waals surface area contributed by atoms with Gasteiger partial charge in [-0.05, 0) is 73.5 Å². The average Bonchev–Trinajstić information content (AvgIpc) is 2.93. The second-order valence-electron chi connectivity index (χ2n) is 11.9. The standard InChI is InChI=1S/C33H42Cl2N2O4/c1-6-15-36-16-14-32(26-8-7-9-28(19-26)40-5)20-27(12-13-33(32,22-36)41-24(4)38)37(21-23(2)3)31(39)18-25-10-11-29(34)30(35)17-25/h6-11,17,19,23,27H,1,12-16,18,20-22H2,2-5H3/t27-,32+,33+/m1/s1. The molecule has 2 aromatic rings. The SMILES string of the molecule is C=CCN1CC[C@@]2(c3cccc(OC)c3)C[C@H](N(CC(C)C)C(=O)Cc3ccc(Cl)c(Cl)c3)CC[C@]2(OC(C)=O)C1. The van der Waals surface area contributed by atoms with Gasteiger partial charge in [-0.25, -0.2) is 0 Å². The van der Waals surface area contributed by atoms with Crippen LogP contribution in [-0.2, 0) is 26.2 Å². The van der Waals surface area contributed by atoms with Crippen molar-refractivity contribution >= 4 is 35.1 Å². The number of esters is 1. The van der Waals surface area contributed by atoms with Crippen LogP contribution >= 0.6 is 23.2 Å². The number of rotatable bonds is 10. The molecule has 222 valence electrons. The van der Waals surface area contributed by atoms with Crippen LogP contribution in [0.5, 0.6) is 5.75 Å². The van der Waals surface area contributed by atoms with Crippen molar-refractivity contribution in [1.82, 2.24) is 9.80 Å². The van der Waals surface area contributed by atoms with Gasteiger partial charge in [-0.3, -0.25) is 14.5 Å². The van der Waals surface area contributed by atoms with Gasteiger partial charge in [0.2, 0.25) is 5.91 Å². The highest BCUT2D eigenvalue weighted by molar-refractivity contribution is 6.42. The fourth-order valence-electron chi connectivity index (χ4n) is 6.96. The Morgan fingerprint density at radius 3 is 2.61 bits per heavy atom. The third-order valence-electron chi connectivity index (χ3n) is 8.68.